The number of amides is 1. The quantitative estimate of drug-likeness (QED) is 0.301. The van der Waals surface area contributed by atoms with E-state index >= 15 is 0 Å². The lowest BCUT2D eigenvalue weighted by Crippen LogP contribution is -2.43. The van der Waals surface area contributed by atoms with E-state index in [4.69, 9.17) is 9.47 Å². The molecule has 0 unspecified atom stereocenters. The van der Waals surface area contributed by atoms with Gasteiger partial charge in [0.15, 0.2) is 5.96 Å². The molecule has 0 aliphatic carbocycles. The highest BCUT2D eigenvalue weighted by Crippen LogP contribution is 2.18. The number of hydrogen-bond acceptors (Lipinski definition) is 4. The van der Waals surface area contributed by atoms with Crippen LogP contribution in [0.25, 0.3) is 0 Å². The monoisotopic (exact) mass is 410 g/mol. The Morgan fingerprint density at radius 1 is 1.10 bits per heavy atom. The minimum atomic E-state index is -0.119. The van der Waals surface area contributed by atoms with Crippen LogP contribution in [0.4, 0.5) is 0 Å². The summed E-state index contributed by atoms with van der Waals surface area (Å²) < 4.78 is 10.8. The maximum absolute atomic E-state index is 12.2. The molecule has 0 radical (unpaired) electrons. The Balaban J connectivity index is 1.87. The lowest BCUT2D eigenvalue weighted by Gasteiger charge is -2.13. The van der Waals surface area contributed by atoms with E-state index in [1.165, 1.54) is 0 Å². The minimum absolute atomic E-state index is 0.119. The molecular weight excluding hydrogens is 380 g/mol. The molecule has 2 aromatic rings. The van der Waals surface area contributed by atoms with Gasteiger partial charge in [-0.15, -0.1) is 0 Å². The molecule has 160 valence electrons. The zero-order chi connectivity index (χ0) is 21.6. The van der Waals surface area contributed by atoms with E-state index in [0.717, 1.165) is 22.6 Å². The summed E-state index contributed by atoms with van der Waals surface area (Å²) in [5.74, 6) is 2.01. The predicted octanol–water partition coefficient (Wildman–Crippen LogP) is 2.63. The topological polar surface area (TPSA) is 84.0 Å². The number of nitrogens with zero attached hydrogens (tertiary/aromatic N) is 1. The minimum Gasteiger partial charge on any atom is -0.497 e. The van der Waals surface area contributed by atoms with Crippen LogP contribution in [0.15, 0.2) is 66.2 Å². The highest BCUT2D eigenvalue weighted by Gasteiger charge is 2.06. The molecule has 2 rings (SSSR count). The highest BCUT2D eigenvalue weighted by atomic mass is 16.5. The molecule has 0 bridgehead atoms. The van der Waals surface area contributed by atoms with Crippen LogP contribution in [0.5, 0.6) is 11.5 Å². The molecule has 7 heteroatoms. The van der Waals surface area contributed by atoms with Gasteiger partial charge in [0.25, 0.3) is 0 Å². The third-order valence-electron chi connectivity index (χ3n) is 4.15. The standard InChI is InChI=1S/C23H30N4O3/c1-4-14-30-21-9-7-6-8-19(21)16-26-23(24-5-2)27-17-22(28)25-15-18-10-12-20(29-3)13-11-18/h4,6-13H,1,5,14-17H2,2-3H3,(H,25,28)(H2,24,26,27). The van der Waals surface area contributed by atoms with Crippen LogP contribution in [0.3, 0.4) is 0 Å². The van der Waals surface area contributed by atoms with Crippen molar-refractivity contribution in [1.82, 2.24) is 16.0 Å². The van der Waals surface area contributed by atoms with E-state index < -0.39 is 0 Å². The first kappa shape index (κ1) is 22.8. The first-order valence-electron chi connectivity index (χ1n) is 9.89. The second kappa shape index (κ2) is 12.9. The number of benzene rings is 2. The van der Waals surface area contributed by atoms with E-state index in [2.05, 4.69) is 27.5 Å². The fraction of sp³-hybridized carbons (Fsp3) is 0.304. The van der Waals surface area contributed by atoms with E-state index in [0.29, 0.717) is 32.2 Å². The molecule has 0 aliphatic rings. The van der Waals surface area contributed by atoms with Crippen LogP contribution in [-0.4, -0.2) is 38.7 Å². The van der Waals surface area contributed by atoms with Crippen LogP contribution in [-0.2, 0) is 17.9 Å². The SMILES string of the molecule is C=CCOc1ccccc1CN=C(NCC)NCC(=O)NCc1ccc(OC)cc1. The molecule has 0 heterocycles. The van der Waals surface area contributed by atoms with Gasteiger partial charge < -0.3 is 25.4 Å². The Hall–Kier alpha value is -3.48. The van der Waals surface area contributed by atoms with Crippen molar-refractivity contribution in [3.63, 3.8) is 0 Å². The van der Waals surface area contributed by atoms with Crippen molar-refractivity contribution in [2.75, 3.05) is 26.8 Å². The van der Waals surface area contributed by atoms with Gasteiger partial charge in [0.1, 0.15) is 18.1 Å². The second-order valence-corrected chi connectivity index (χ2v) is 6.38. The molecule has 1 amide bonds. The van der Waals surface area contributed by atoms with Crippen molar-refractivity contribution >= 4 is 11.9 Å². The zero-order valence-corrected chi connectivity index (χ0v) is 17.6. The van der Waals surface area contributed by atoms with E-state index in [1.807, 2.05) is 55.5 Å². The van der Waals surface area contributed by atoms with Crippen LogP contribution < -0.4 is 25.4 Å². The Kier molecular flexibility index (Phi) is 9.79. The summed E-state index contributed by atoms with van der Waals surface area (Å²) >= 11 is 0. The Morgan fingerprint density at radius 3 is 2.57 bits per heavy atom. The molecule has 3 N–H and O–H groups in total. The fourth-order valence-corrected chi connectivity index (χ4v) is 2.60. The number of aliphatic imine (C=N–C) groups is 1. The first-order valence-corrected chi connectivity index (χ1v) is 9.89. The fourth-order valence-electron chi connectivity index (χ4n) is 2.60. The van der Waals surface area contributed by atoms with Crippen molar-refractivity contribution in [2.24, 2.45) is 4.99 Å². The smallest absolute Gasteiger partial charge is 0.239 e. The van der Waals surface area contributed by atoms with Gasteiger partial charge in [-0.2, -0.15) is 0 Å². The Morgan fingerprint density at radius 2 is 1.87 bits per heavy atom. The summed E-state index contributed by atoms with van der Waals surface area (Å²) in [6.45, 7) is 7.77. The second-order valence-electron chi connectivity index (χ2n) is 6.38. The third kappa shape index (κ3) is 7.87. The Bertz CT molecular complexity index is 835. The molecule has 30 heavy (non-hydrogen) atoms. The number of para-hydroxylation sites is 1. The first-order chi connectivity index (χ1) is 14.7. The van der Waals surface area contributed by atoms with Crippen LogP contribution >= 0.6 is 0 Å². The summed E-state index contributed by atoms with van der Waals surface area (Å²) in [4.78, 5) is 16.7. The third-order valence-corrected chi connectivity index (χ3v) is 4.15. The number of guanidine groups is 1. The van der Waals surface area contributed by atoms with Gasteiger partial charge in [0.2, 0.25) is 5.91 Å². The summed E-state index contributed by atoms with van der Waals surface area (Å²) in [7, 11) is 1.62. The van der Waals surface area contributed by atoms with Crippen LogP contribution in [0, 0.1) is 0 Å². The molecule has 7 nitrogen and oxygen atoms in total. The molecular formula is C23H30N4O3. The number of ether oxygens (including phenoxy) is 2. The van der Waals surface area contributed by atoms with Crippen molar-refractivity contribution in [2.45, 2.75) is 20.0 Å². The van der Waals surface area contributed by atoms with Crippen molar-refractivity contribution in [3.05, 3.63) is 72.3 Å². The summed E-state index contributed by atoms with van der Waals surface area (Å²) in [6.07, 6.45) is 1.70. The maximum Gasteiger partial charge on any atom is 0.239 e. The number of carbonyl (C=O) groups excluding carboxylic acids is 1. The summed E-state index contributed by atoms with van der Waals surface area (Å²) in [5, 5.41) is 9.09. The van der Waals surface area contributed by atoms with Gasteiger partial charge >= 0.3 is 0 Å². The molecule has 2 aromatic carbocycles. The van der Waals surface area contributed by atoms with E-state index in [9.17, 15) is 4.79 Å². The highest BCUT2D eigenvalue weighted by molar-refractivity contribution is 5.86. The van der Waals surface area contributed by atoms with Crippen LogP contribution in [0.1, 0.15) is 18.1 Å². The molecule has 0 saturated carbocycles. The van der Waals surface area contributed by atoms with Gasteiger partial charge in [-0.1, -0.05) is 43.0 Å². The summed E-state index contributed by atoms with van der Waals surface area (Å²) in [5.41, 5.74) is 1.96. The largest absolute Gasteiger partial charge is 0.497 e. The Labute approximate surface area is 178 Å². The predicted molar refractivity (Wildman–Crippen MR) is 120 cm³/mol. The number of methoxy groups -OCH3 is 1. The number of carbonyl (C=O) groups is 1. The van der Waals surface area contributed by atoms with E-state index in [-0.39, 0.29) is 12.5 Å². The van der Waals surface area contributed by atoms with Gasteiger partial charge in [0.05, 0.1) is 20.2 Å². The molecule has 0 atom stereocenters. The van der Waals surface area contributed by atoms with Gasteiger partial charge in [-0.25, -0.2) is 4.99 Å². The van der Waals surface area contributed by atoms with Gasteiger partial charge in [-0.3, -0.25) is 4.79 Å². The number of rotatable bonds is 11. The number of hydrogen-bond donors (Lipinski definition) is 3. The molecule has 0 saturated heterocycles. The summed E-state index contributed by atoms with van der Waals surface area (Å²) in [6, 6.07) is 15.3. The van der Waals surface area contributed by atoms with Crippen LogP contribution in [0.2, 0.25) is 0 Å². The van der Waals surface area contributed by atoms with Gasteiger partial charge in [-0.05, 0) is 30.7 Å². The molecule has 0 aromatic heterocycles. The molecule has 0 aliphatic heterocycles. The normalized spacial score (nSPS) is 10.8. The molecule has 0 fully saturated rings. The molecule has 0 spiro atoms. The van der Waals surface area contributed by atoms with Gasteiger partial charge in [0, 0.05) is 18.7 Å². The maximum atomic E-state index is 12.2. The number of nitrogens with one attached hydrogen (secondary N) is 3. The zero-order valence-electron chi connectivity index (χ0n) is 17.6. The average Bonchev–Trinajstić information content (AvgIpc) is 2.79. The lowest BCUT2D eigenvalue weighted by atomic mass is 10.2. The van der Waals surface area contributed by atoms with E-state index in [1.54, 1.807) is 13.2 Å². The van der Waals surface area contributed by atoms with Crippen molar-refractivity contribution < 1.29 is 14.3 Å². The van der Waals surface area contributed by atoms with Crippen molar-refractivity contribution in [3.8, 4) is 11.5 Å². The van der Waals surface area contributed by atoms with Crippen molar-refractivity contribution in [1.29, 1.82) is 0 Å². The lowest BCUT2D eigenvalue weighted by molar-refractivity contribution is -0.120. The average molecular weight is 411 g/mol.